The molecule has 4 nitrogen and oxygen atoms in total. The first-order valence-corrected chi connectivity index (χ1v) is 7.92. The molecule has 0 radical (unpaired) electrons. The molecule has 0 saturated heterocycles. The van der Waals surface area contributed by atoms with E-state index in [1.54, 1.807) is 6.92 Å². The highest BCUT2D eigenvalue weighted by atomic mass is 16.5. The average molecular weight is 325 g/mol. The molecule has 2 rings (SSSR count). The van der Waals surface area contributed by atoms with Crippen molar-refractivity contribution < 1.29 is 14.3 Å². The molecule has 0 aliphatic rings. The summed E-state index contributed by atoms with van der Waals surface area (Å²) in [5, 5.41) is 0. The van der Waals surface area contributed by atoms with Crippen LogP contribution < -0.4 is 9.64 Å². The third kappa shape index (κ3) is 5.16. The number of hydrogen-bond acceptors (Lipinski definition) is 4. The van der Waals surface area contributed by atoms with Gasteiger partial charge in [-0.1, -0.05) is 24.8 Å². The summed E-state index contributed by atoms with van der Waals surface area (Å²) in [7, 11) is 2.03. The molecule has 0 aliphatic heterocycles. The SMILES string of the molecule is C=C(C)C(=O)OCCCOc1ccc(N(C)c2ccccc2)cc1. The van der Waals surface area contributed by atoms with Gasteiger partial charge in [-0.05, 0) is 43.3 Å². The molecule has 0 spiro atoms. The minimum absolute atomic E-state index is 0.334. The number of rotatable bonds is 8. The van der Waals surface area contributed by atoms with Crippen LogP contribution in [0.15, 0.2) is 66.7 Å². The predicted molar refractivity (Wildman–Crippen MR) is 96.8 cm³/mol. The van der Waals surface area contributed by atoms with Crippen LogP contribution in [0.1, 0.15) is 13.3 Å². The van der Waals surface area contributed by atoms with E-state index in [9.17, 15) is 4.79 Å². The van der Waals surface area contributed by atoms with Gasteiger partial charge in [-0.25, -0.2) is 4.79 Å². The minimum atomic E-state index is -0.358. The van der Waals surface area contributed by atoms with Crippen molar-refractivity contribution in [3.8, 4) is 5.75 Å². The van der Waals surface area contributed by atoms with Crippen LogP contribution in [0.4, 0.5) is 11.4 Å². The van der Waals surface area contributed by atoms with Crippen molar-refractivity contribution in [3.63, 3.8) is 0 Å². The molecular weight excluding hydrogens is 302 g/mol. The Morgan fingerprint density at radius 3 is 2.25 bits per heavy atom. The van der Waals surface area contributed by atoms with E-state index in [2.05, 4.69) is 23.6 Å². The number of carbonyl (C=O) groups excluding carboxylic acids is 1. The minimum Gasteiger partial charge on any atom is -0.493 e. The van der Waals surface area contributed by atoms with Crippen molar-refractivity contribution in [2.75, 3.05) is 25.2 Å². The van der Waals surface area contributed by atoms with Crippen LogP contribution in [-0.4, -0.2) is 26.2 Å². The number of ether oxygens (including phenoxy) is 2. The fourth-order valence-corrected chi connectivity index (χ4v) is 2.10. The Morgan fingerprint density at radius 2 is 1.62 bits per heavy atom. The summed E-state index contributed by atoms with van der Waals surface area (Å²) >= 11 is 0. The first-order valence-electron chi connectivity index (χ1n) is 7.92. The molecule has 0 heterocycles. The Bertz CT molecular complexity index is 665. The number of esters is 1. The fraction of sp³-hybridized carbons (Fsp3) is 0.250. The summed E-state index contributed by atoms with van der Waals surface area (Å²) in [4.78, 5) is 13.3. The quantitative estimate of drug-likeness (QED) is 0.411. The summed E-state index contributed by atoms with van der Waals surface area (Å²) in [6.45, 7) is 6.00. The van der Waals surface area contributed by atoms with Gasteiger partial charge < -0.3 is 14.4 Å². The maximum absolute atomic E-state index is 11.2. The zero-order chi connectivity index (χ0) is 17.4. The molecule has 0 aliphatic carbocycles. The van der Waals surface area contributed by atoms with Crippen molar-refractivity contribution in [2.24, 2.45) is 0 Å². The second-order valence-corrected chi connectivity index (χ2v) is 5.51. The van der Waals surface area contributed by atoms with Crippen molar-refractivity contribution in [1.82, 2.24) is 0 Å². The Kier molecular flexibility index (Phi) is 6.43. The van der Waals surface area contributed by atoms with Gasteiger partial charge >= 0.3 is 5.97 Å². The van der Waals surface area contributed by atoms with Crippen molar-refractivity contribution >= 4 is 17.3 Å². The number of anilines is 2. The lowest BCUT2D eigenvalue weighted by atomic mass is 10.2. The van der Waals surface area contributed by atoms with Crippen LogP contribution in [0.2, 0.25) is 0 Å². The second-order valence-electron chi connectivity index (χ2n) is 5.51. The zero-order valence-corrected chi connectivity index (χ0v) is 14.2. The van der Waals surface area contributed by atoms with Gasteiger partial charge in [0, 0.05) is 30.4 Å². The number of para-hydroxylation sites is 1. The molecule has 0 atom stereocenters. The van der Waals surface area contributed by atoms with E-state index in [1.807, 2.05) is 49.5 Å². The van der Waals surface area contributed by atoms with E-state index >= 15 is 0 Å². The first-order chi connectivity index (χ1) is 11.6. The molecule has 2 aromatic carbocycles. The van der Waals surface area contributed by atoms with Gasteiger partial charge in [-0.3, -0.25) is 0 Å². The highest BCUT2D eigenvalue weighted by molar-refractivity contribution is 5.86. The lowest BCUT2D eigenvalue weighted by Crippen LogP contribution is -2.10. The summed E-state index contributed by atoms with van der Waals surface area (Å²) in [6, 6.07) is 18.1. The molecule has 0 aromatic heterocycles. The van der Waals surface area contributed by atoms with Crippen LogP contribution >= 0.6 is 0 Å². The lowest BCUT2D eigenvalue weighted by molar-refractivity contribution is -0.139. The predicted octanol–water partition coefficient (Wildman–Crippen LogP) is 4.34. The maximum atomic E-state index is 11.2. The van der Waals surface area contributed by atoms with E-state index in [0.29, 0.717) is 25.2 Å². The molecule has 2 aromatic rings. The molecule has 0 bridgehead atoms. The van der Waals surface area contributed by atoms with Crippen molar-refractivity contribution in [3.05, 3.63) is 66.7 Å². The third-order valence-electron chi connectivity index (χ3n) is 3.51. The average Bonchev–Trinajstić information content (AvgIpc) is 2.62. The van der Waals surface area contributed by atoms with E-state index in [4.69, 9.17) is 9.47 Å². The van der Waals surface area contributed by atoms with E-state index in [0.717, 1.165) is 17.1 Å². The normalized spacial score (nSPS) is 10.1. The maximum Gasteiger partial charge on any atom is 0.333 e. The molecular formula is C20H23NO3. The molecule has 0 saturated carbocycles. The standard InChI is InChI=1S/C20H23NO3/c1-16(2)20(22)24-15-7-14-23-19-12-10-18(11-13-19)21(3)17-8-5-4-6-9-17/h4-6,8-13H,1,7,14-15H2,2-3H3. The molecule has 4 heteroatoms. The highest BCUT2D eigenvalue weighted by Gasteiger charge is 2.04. The zero-order valence-electron chi connectivity index (χ0n) is 14.2. The first kappa shape index (κ1) is 17.6. The fourth-order valence-electron chi connectivity index (χ4n) is 2.10. The lowest BCUT2D eigenvalue weighted by Gasteiger charge is -2.19. The summed E-state index contributed by atoms with van der Waals surface area (Å²) in [5.41, 5.74) is 2.63. The van der Waals surface area contributed by atoms with Crippen molar-refractivity contribution in [1.29, 1.82) is 0 Å². The number of benzene rings is 2. The van der Waals surface area contributed by atoms with Gasteiger partial charge in [-0.15, -0.1) is 0 Å². The Hall–Kier alpha value is -2.75. The van der Waals surface area contributed by atoms with Gasteiger partial charge in [-0.2, -0.15) is 0 Å². The molecule has 0 unspecified atom stereocenters. The van der Waals surface area contributed by atoms with Crippen LogP contribution in [-0.2, 0) is 9.53 Å². The molecule has 0 fully saturated rings. The Labute approximate surface area is 143 Å². The second kappa shape index (κ2) is 8.77. The van der Waals surface area contributed by atoms with Crippen molar-refractivity contribution in [2.45, 2.75) is 13.3 Å². The third-order valence-corrected chi connectivity index (χ3v) is 3.51. The number of hydrogen-bond donors (Lipinski definition) is 0. The van der Waals surface area contributed by atoms with Gasteiger partial charge in [0.1, 0.15) is 5.75 Å². The number of nitrogens with zero attached hydrogens (tertiary/aromatic N) is 1. The highest BCUT2D eigenvalue weighted by Crippen LogP contribution is 2.25. The van der Waals surface area contributed by atoms with E-state index in [-0.39, 0.29) is 5.97 Å². The van der Waals surface area contributed by atoms with Gasteiger partial charge in [0.15, 0.2) is 0 Å². The Morgan fingerprint density at radius 1 is 1.00 bits per heavy atom. The van der Waals surface area contributed by atoms with Crippen LogP contribution in [0.25, 0.3) is 0 Å². The Balaban J connectivity index is 1.78. The molecule has 0 N–H and O–H groups in total. The van der Waals surface area contributed by atoms with E-state index in [1.165, 1.54) is 0 Å². The molecule has 24 heavy (non-hydrogen) atoms. The van der Waals surface area contributed by atoms with Gasteiger partial charge in [0.25, 0.3) is 0 Å². The summed E-state index contributed by atoms with van der Waals surface area (Å²) in [6.07, 6.45) is 0.644. The number of carbonyl (C=O) groups is 1. The largest absolute Gasteiger partial charge is 0.493 e. The monoisotopic (exact) mass is 325 g/mol. The summed E-state index contributed by atoms with van der Waals surface area (Å²) < 4.78 is 10.7. The van der Waals surface area contributed by atoms with Gasteiger partial charge in [0.2, 0.25) is 0 Å². The van der Waals surface area contributed by atoms with Crippen LogP contribution in [0.5, 0.6) is 5.75 Å². The molecule has 126 valence electrons. The summed E-state index contributed by atoms with van der Waals surface area (Å²) in [5.74, 6) is 0.440. The smallest absolute Gasteiger partial charge is 0.333 e. The van der Waals surface area contributed by atoms with E-state index < -0.39 is 0 Å². The molecule has 0 amide bonds. The van der Waals surface area contributed by atoms with Gasteiger partial charge in [0.05, 0.1) is 13.2 Å². The van der Waals surface area contributed by atoms with Crippen LogP contribution in [0.3, 0.4) is 0 Å². The topological polar surface area (TPSA) is 38.8 Å². The van der Waals surface area contributed by atoms with Crippen LogP contribution in [0, 0.1) is 0 Å².